The first-order valence-electron chi connectivity index (χ1n) is 6.31. The van der Waals surface area contributed by atoms with Gasteiger partial charge in [-0.1, -0.05) is 0 Å². The van der Waals surface area contributed by atoms with Gasteiger partial charge in [-0.2, -0.15) is 0 Å². The number of aromatic amines is 1. The lowest BCUT2D eigenvalue weighted by atomic mass is 10.0. The van der Waals surface area contributed by atoms with Crippen molar-refractivity contribution in [3.05, 3.63) is 35.5 Å². The second kappa shape index (κ2) is 4.35. The number of fused-ring (bicyclic) bond motifs is 1. The van der Waals surface area contributed by atoms with Gasteiger partial charge in [-0.15, -0.1) is 0 Å². The Morgan fingerprint density at radius 2 is 2.22 bits per heavy atom. The van der Waals surface area contributed by atoms with Gasteiger partial charge < -0.3 is 9.88 Å². The van der Waals surface area contributed by atoms with Gasteiger partial charge in [-0.25, -0.2) is 8.78 Å². The zero-order valence-corrected chi connectivity index (χ0v) is 10.3. The first-order valence-corrected chi connectivity index (χ1v) is 6.31. The molecule has 2 nitrogen and oxygen atoms in total. The Morgan fingerprint density at radius 1 is 1.39 bits per heavy atom. The third-order valence-electron chi connectivity index (χ3n) is 3.94. The first-order chi connectivity index (χ1) is 8.66. The minimum atomic E-state index is -0.775. The largest absolute Gasteiger partial charge is 0.361 e. The molecule has 0 bridgehead atoms. The zero-order chi connectivity index (χ0) is 12.7. The molecular weight excluding hydrogens is 234 g/mol. The van der Waals surface area contributed by atoms with Gasteiger partial charge in [0.2, 0.25) is 0 Å². The van der Waals surface area contributed by atoms with Crippen LogP contribution >= 0.6 is 0 Å². The summed E-state index contributed by atoms with van der Waals surface area (Å²) in [5.74, 6) is -1.51. The smallest absolute Gasteiger partial charge is 0.168 e. The molecule has 1 aliphatic rings. The van der Waals surface area contributed by atoms with Crippen molar-refractivity contribution in [3.8, 4) is 0 Å². The molecule has 4 heteroatoms. The molecule has 1 aliphatic heterocycles. The Hall–Kier alpha value is -1.42. The molecule has 0 spiro atoms. The van der Waals surface area contributed by atoms with E-state index in [-0.39, 0.29) is 0 Å². The molecule has 1 N–H and O–H groups in total. The van der Waals surface area contributed by atoms with Gasteiger partial charge in [0.25, 0.3) is 0 Å². The van der Waals surface area contributed by atoms with E-state index in [0.29, 0.717) is 16.9 Å². The van der Waals surface area contributed by atoms with Crippen LogP contribution in [0.15, 0.2) is 18.3 Å². The van der Waals surface area contributed by atoms with E-state index < -0.39 is 11.6 Å². The summed E-state index contributed by atoms with van der Waals surface area (Å²) in [5, 5.41) is 0.412. The third-order valence-corrected chi connectivity index (χ3v) is 3.94. The summed E-state index contributed by atoms with van der Waals surface area (Å²) in [6.07, 6.45) is 4.89. The number of halogens is 2. The van der Waals surface area contributed by atoms with Gasteiger partial charge >= 0.3 is 0 Å². The number of hydrogen-bond donors (Lipinski definition) is 1. The molecule has 2 heterocycles. The molecule has 1 saturated heterocycles. The van der Waals surface area contributed by atoms with Crippen LogP contribution in [-0.4, -0.2) is 29.5 Å². The number of rotatable bonds is 2. The third kappa shape index (κ3) is 1.81. The monoisotopic (exact) mass is 250 g/mol. The van der Waals surface area contributed by atoms with Crippen LogP contribution in [0, 0.1) is 11.6 Å². The standard InChI is InChI=1S/C14H16F2N2/c1-18-6-2-3-10(18)7-9-8-17-12-5-4-11(15)14(16)13(9)12/h4-5,8,10,17H,2-3,6-7H2,1H3. The molecule has 0 saturated carbocycles. The van der Waals surface area contributed by atoms with Crippen LogP contribution in [0.25, 0.3) is 10.9 Å². The minimum Gasteiger partial charge on any atom is -0.361 e. The SMILES string of the molecule is CN1CCCC1Cc1c[nH]c2ccc(F)c(F)c12. The fourth-order valence-electron chi connectivity index (χ4n) is 2.87. The van der Waals surface area contributed by atoms with E-state index in [9.17, 15) is 8.78 Å². The Morgan fingerprint density at radius 3 is 2.94 bits per heavy atom. The summed E-state index contributed by atoms with van der Waals surface area (Å²) in [6.45, 7) is 1.09. The molecule has 3 rings (SSSR count). The summed E-state index contributed by atoms with van der Waals surface area (Å²) in [7, 11) is 2.09. The summed E-state index contributed by atoms with van der Waals surface area (Å²) >= 11 is 0. The average Bonchev–Trinajstić information content (AvgIpc) is 2.93. The van der Waals surface area contributed by atoms with Gasteiger partial charge in [0.15, 0.2) is 11.6 Å². The highest BCUT2D eigenvalue weighted by Crippen LogP contribution is 2.27. The maximum absolute atomic E-state index is 13.9. The Balaban J connectivity index is 1.99. The molecule has 0 aliphatic carbocycles. The first kappa shape index (κ1) is 11.7. The van der Waals surface area contributed by atoms with E-state index in [4.69, 9.17) is 0 Å². The van der Waals surface area contributed by atoms with Gasteiger partial charge in [-0.05, 0) is 50.6 Å². The highest BCUT2D eigenvalue weighted by atomic mass is 19.2. The number of nitrogens with zero attached hydrogens (tertiary/aromatic N) is 1. The highest BCUT2D eigenvalue weighted by molar-refractivity contribution is 5.84. The molecular formula is C14H16F2N2. The van der Waals surface area contributed by atoms with Gasteiger partial charge in [0.05, 0.1) is 0 Å². The highest BCUT2D eigenvalue weighted by Gasteiger charge is 2.23. The average molecular weight is 250 g/mol. The van der Waals surface area contributed by atoms with E-state index in [2.05, 4.69) is 16.9 Å². The van der Waals surface area contributed by atoms with E-state index in [1.807, 2.05) is 0 Å². The summed E-state index contributed by atoms with van der Waals surface area (Å²) in [4.78, 5) is 5.31. The lowest BCUT2D eigenvalue weighted by Gasteiger charge is -2.18. The van der Waals surface area contributed by atoms with Crippen molar-refractivity contribution in [3.63, 3.8) is 0 Å². The lowest BCUT2D eigenvalue weighted by molar-refractivity contribution is 0.309. The fourth-order valence-corrected chi connectivity index (χ4v) is 2.87. The number of likely N-dealkylation sites (tertiary alicyclic amines) is 1. The number of nitrogens with one attached hydrogen (secondary N) is 1. The molecule has 1 atom stereocenters. The quantitative estimate of drug-likeness (QED) is 0.867. The topological polar surface area (TPSA) is 19.0 Å². The number of aromatic nitrogens is 1. The van der Waals surface area contributed by atoms with Crippen LogP contribution in [0.1, 0.15) is 18.4 Å². The van der Waals surface area contributed by atoms with Crippen LogP contribution in [0.3, 0.4) is 0 Å². The molecule has 96 valence electrons. The van der Waals surface area contributed by atoms with Crippen molar-refractivity contribution in [2.24, 2.45) is 0 Å². The number of H-pyrrole nitrogens is 1. The fraction of sp³-hybridized carbons (Fsp3) is 0.429. The van der Waals surface area contributed by atoms with E-state index >= 15 is 0 Å². The molecule has 1 fully saturated rings. The number of likely N-dealkylation sites (N-methyl/N-ethyl adjacent to an activating group) is 1. The Kier molecular flexibility index (Phi) is 2.82. The minimum absolute atomic E-state index is 0.412. The maximum Gasteiger partial charge on any atom is 0.168 e. The van der Waals surface area contributed by atoms with E-state index in [1.165, 1.54) is 12.5 Å². The second-order valence-electron chi connectivity index (χ2n) is 5.08. The van der Waals surface area contributed by atoms with Crippen molar-refractivity contribution in [1.82, 2.24) is 9.88 Å². The molecule has 0 amide bonds. The Labute approximate surface area is 105 Å². The van der Waals surface area contributed by atoms with Crippen LogP contribution in [0.2, 0.25) is 0 Å². The molecule has 1 aromatic heterocycles. The number of hydrogen-bond acceptors (Lipinski definition) is 1. The molecule has 2 aromatic rings. The summed E-state index contributed by atoms with van der Waals surface area (Å²) in [5.41, 5.74) is 1.55. The van der Waals surface area contributed by atoms with Gasteiger partial charge in [-0.3, -0.25) is 0 Å². The summed E-state index contributed by atoms with van der Waals surface area (Å²) < 4.78 is 27.2. The van der Waals surface area contributed by atoms with Crippen LogP contribution in [-0.2, 0) is 6.42 Å². The van der Waals surface area contributed by atoms with Crippen molar-refractivity contribution < 1.29 is 8.78 Å². The normalized spacial score (nSPS) is 20.9. The van der Waals surface area contributed by atoms with Gasteiger partial charge in [0.1, 0.15) is 0 Å². The molecule has 1 unspecified atom stereocenters. The van der Waals surface area contributed by atoms with Crippen LogP contribution in [0.5, 0.6) is 0 Å². The van der Waals surface area contributed by atoms with Crippen LogP contribution < -0.4 is 0 Å². The molecule has 0 radical (unpaired) electrons. The number of benzene rings is 1. The molecule has 18 heavy (non-hydrogen) atoms. The predicted octanol–water partition coefficient (Wildman–Crippen LogP) is 3.08. The zero-order valence-electron chi connectivity index (χ0n) is 10.3. The van der Waals surface area contributed by atoms with Crippen molar-refractivity contribution in [1.29, 1.82) is 0 Å². The van der Waals surface area contributed by atoms with Crippen LogP contribution in [0.4, 0.5) is 8.78 Å². The summed E-state index contributed by atoms with van der Waals surface area (Å²) in [6, 6.07) is 3.20. The maximum atomic E-state index is 13.9. The Bertz CT molecular complexity index is 576. The van der Waals surface area contributed by atoms with Crippen molar-refractivity contribution in [2.45, 2.75) is 25.3 Å². The van der Waals surface area contributed by atoms with Gasteiger partial charge in [0, 0.05) is 23.1 Å². The van der Waals surface area contributed by atoms with E-state index in [1.54, 1.807) is 12.3 Å². The van der Waals surface area contributed by atoms with Crippen molar-refractivity contribution >= 4 is 10.9 Å². The van der Waals surface area contributed by atoms with E-state index in [0.717, 1.165) is 24.9 Å². The second-order valence-corrected chi connectivity index (χ2v) is 5.08. The predicted molar refractivity (Wildman–Crippen MR) is 67.6 cm³/mol. The van der Waals surface area contributed by atoms with Crippen molar-refractivity contribution in [2.75, 3.05) is 13.6 Å². The molecule has 1 aromatic carbocycles. The lowest BCUT2D eigenvalue weighted by Crippen LogP contribution is -2.26.